The average Bonchev–Trinajstić information content (AvgIpc) is 2.35. The van der Waals surface area contributed by atoms with Crippen molar-refractivity contribution in [2.24, 2.45) is 5.92 Å². The van der Waals surface area contributed by atoms with Gasteiger partial charge in [-0.3, -0.25) is 0 Å². The molecule has 0 aliphatic heterocycles. The van der Waals surface area contributed by atoms with Gasteiger partial charge in [-0.25, -0.2) is 0 Å². The van der Waals surface area contributed by atoms with Gasteiger partial charge in [0, 0.05) is 0 Å². The Morgan fingerprint density at radius 1 is 1.55 bits per heavy atom. The Hall–Kier alpha value is -0.0900. The van der Waals surface area contributed by atoms with Crippen LogP contribution in [0.5, 0.6) is 0 Å². The van der Waals surface area contributed by atoms with E-state index in [1.165, 1.54) is 6.16 Å². The summed E-state index contributed by atoms with van der Waals surface area (Å²) in [6.45, 7) is 7.04. The minimum Gasteiger partial charge on any atom is -0.113 e. The molecule has 0 heterocycles. The molecule has 0 radical (unpaired) electrons. The molecule has 1 heteroatoms. The van der Waals surface area contributed by atoms with Crippen LogP contribution in [0.4, 0.5) is 0 Å². The molecule has 0 amide bonds. The Balaban J connectivity index is 2.41. The van der Waals surface area contributed by atoms with E-state index in [0.717, 1.165) is 12.3 Å². The van der Waals surface area contributed by atoms with Crippen molar-refractivity contribution in [1.29, 1.82) is 0 Å². The van der Waals surface area contributed by atoms with E-state index in [1.807, 2.05) is 0 Å². The summed E-state index contributed by atoms with van der Waals surface area (Å²) in [5, 5.41) is 0. The molecule has 1 aliphatic carbocycles. The highest BCUT2D eigenvalue weighted by Crippen LogP contribution is 2.32. The Kier molecular flexibility index (Phi) is 3.33. The molecule has 0 aromatic rings. The zero-order valence-corrected chi connectivity index (χ0v) is 8.57. The lowest BCUT2D eigenvalue weighted by molar-refractivity contribution is 0.802. The molecule has 0 spiro atoms. The predicted octanol–water partition coefficient (Wildman–Crippen LogP) is 3.25. The smallest absolute Gasteiger partial charge is 0.0154 e. The van der Waals surface area contributed by atoms with Gasteiger partial charge >= 0.3 is 0 Å². The normalized spacial score (nSPS) is 19.1. The quantitative estimate of drug-likeness (QED) is 0.567. The van der Waals surface area contributed by atoms with Crippen molar-refractivity contribution in [3.63, 3.8) is 0 Å². The molecule has 0 fully saturated rings. The molecule has 0 aromatic carbocycles. The summed E-state index contributed by atoms with van der Waals surface area (Å²) in [5.74, 6) is 0.787. The third kappa shape index (κ3) is 2.79. The minimum absolute atomic E-state index is 0.269. The second-order valence-corrected chi connectivity index (χ2v) is 6.03. The van der Waals surface area contributed by atoms with Crippen LogP contribution >= 0.6 is 7.92 Å². The fourth-order valence-corrected chi connectivity index (χ4v) is 2.80. The topological polar surface area (TPSA) is 0 Å². The van der Waals surface area contributed by atoms with Gasteiger partial charge in [-0.15, -0.1) is 7.92 Å². The first-order valence-corrected chi connectivity index (χ1v) is 6.63. The Bertz CT molecular complexity index is 177. The van der Waals surface area contributed by atoms with Crippen molar-refractivity contribution < 1.29 is 0 Å². The summed E-state index contributed by atoms with van der Waals surface area (Å²) < 4.78 is 0. The molecule has 1 unspecified atom stereocenters. The van der Waals surface area contributed by atoms with Gasteiger partial charge in [0.25, 0.3) is 0 Å². The fourth-order valence-electron chi connectivity index (χ4n) is 1.49. The van der Waals surface area contributed by atoms with E-state index >= 15 is 0 Å². The number of hydrogen-bond donors (Lipinski definition) is 0. The number of hydrogen-bond acceptors (Lipinski definition) is 0. The molecule has 0 bridgehead atoms. The first kappa shape index (κ1) is 9.00. The van der Waals surface area contributed by atoms with Crippen LogP contribution in [0, 0.1) is 5.92 Å². The number of rotatable bonds is 3. The van der Waals surface area contributed by atoms with Gasteiger partial charge in [0.2, 0.25) is 0 Å². The van der Waals surface area contributed by atoms with Gasteiger partial charge in [-0.2, -0.15) is 0 Å². The minimum atomic E-state index is 0.269. The van der Waals surface area contributed by atoms with Gasteiger partial charge in [0.05, 0.1) is 0 Å². The first-order chi connectivity index (χ1) is 5.20. The van der Waals surface area contributed by atoms with Crippen LogP contribution in [0.1, 0.15) is 13.3 Å². The zero-order chi connectivity index (χ0) is 8.27. The van der Waals surface area contributed by atoms with E-state index in [-0.39, 0.29) is 7.92 Å². The van der Waals surface area contributed by atoms with E-state index < -0.39 is 0 Å². The third-order valence-corrected chi connectivity index (χ3v) is 3.29. The SMILES string of the molecule is CC(CP(C)C)C1=CCC=C1. The largest absolute Gasteiger partial charge is 0.113 e. The highest BCUT2D eigenvalue weighted by atomic mass is 31.1. The highest BCUT2D eigenvalue weighted by molar-refractivity contribution is 7.56. The van der Waals surface area contributed by atoms with Gasteiger partial charge in [0.1, 0.15) is 0 Å². The van der Waals surface area contributed by atoms with Crippen LogP contribution in [0.15, 0.2) is 23.8 Å². The third-order valence-electron chi connectivity index (χ3n) is 2.01. The second-order valence-electron chi connectivity index (χ2n) is 3.51. The van der Waals surface area contributed by atoms with Crippen LogP contribution in [-0.4, -0.2) is 19.5 Å². The fraction of sp³-hybridized carbons (Fsp3) is 0.600. The Morgan fingerprint density at radius 2 is 2.27 bits per heavy atom. The summed E-state index contributed by atoms with van der Waals surface area (Å²) in [6, 6.07) is 0. The molecule has 0 aromatic heterocycles. The summed E-state index contributed by atoms with van der Waals surface area (Å²) in [7, 11) is 0.269. The summed E-state index contributed by atoms with van der Waals surface area (Å²) in [5.41, 5.74) is 1.56. The highest BCUT2D eigenvalue weighted by Gasteiger charge is 2.09. The molecule has 1 aliphatic rings. The lowest BCUT2D eigenvalue weighted by Crippen LogP contribution is -2.00. The maximum absolute atomic E-state index is 2.35. The summed E-state index contributed by atoms with van der Waals surface area (Å²) >= 11 is 0. The molecule has 0 saturated carbocycles. The molecule has 0 N–H and O–H groups in total. The van der Waals surface area contributed by atoms with Crippen molar-refractivity contribution in [2.45, 2.75) is 13.3 Å². The molecular weight excluding hydrogens is 151 g/mol. The molecule has 1 rings (SSSR count). The van der Waals surface area contributed by atoms with Crippen molar-refractivity contribution >= 4 is 7.92 Å². The van der Waals surface area contributed by atoms with Gasteiger partial charge in [-0.1, -0.05) is 25.2 Å². The van der Waals surface area contributed by atoms with Gasteiger partial charge < -0.3 is 0 Å². The van der Waals surface area contributed by atoms with Crippen LogP contribution in [0.25, 0.3) is 0 Å². The van der Waals surface area contributed by atoms with Gasteiger partial charge in [0.15, 0.2) is 0 Å². The molecule has 62 valence electrons. The van der Waals surface area contributed by atoms with Crippen molar-refractivity contribution in [3.05, 3.63) is 23.8 Å². The lowest BCUT2D eigenvalue weighted by atomic mass is 10.1. The van der Waals surface area contributed by atoms with E-state index in [1.54, 1.807) is 5.57 Å². The first-order valence-electron chi connectivity index (χ1n) is 4.21. The Morgan fingerprint density at radius 3 is 2.73 bits per heavy atom. The molecule has 1 atom stereocenters. The van der Waals surface area contributed by atoms with Crippen LogP contribution < -0.4 is 0 Å². The molecule has 0 nitrogen and oxygen atoms in total. The summed E-state index contributed by atoms with van der Waals surface area (Å²) in [4.78, 5) is 0. The van der Waals surface area contributed by atoms with Crippen LogP contribution in [0.3, 0.4) is 0 Å². The van der Waals surface area contributed by atoms with Crippen molar-refractivity contribution in [1.82, 2.24) is 0 Å². The standard InChI is InChI=1S/C10H17P/c1-9(8-11(2)3)10-6-4-5-7-10/h4,6-7,9H,5,8H2,1-3H3. The maximum atomic E-state index is 2.35. The predicted molar refractivity (Wildman–Crippen MR) is 54.6 cm³/mol. The zero-order valence-electron chi connectivity index (χ0n) is 7.67. The van der Waals surface area contributed by atoms with E-state index in [0.29, 0.717) is 0 Å². The van der Waals surface area contributed by atoms with Crippen molar-refractivity contribution in [3.8, 4) is 0 Å². The maximum Gasteiger partial charge on any atom is -0.0154 e. The monoisotopic (exact) mass is 168 g/mol. The molecule has 0 saturated heterocycles. The Labute approximate surface area is 71.1 Å². The van der Waals surface area contributed by atoms with Crippen molar-refractivity contribution in [2.75, 3.05) is 19.5 Å². The molecular formula is C10H17P. The van der Waals surface area contributed by atoms with E-state index in [2.05, 4.69) is 38.5 Å². The van der Waals surface area contributed by atoms with E-state index in [9.17, 15) is 0 Å². The summed E-state index contributed by atoms with van der Waals surface area (Å²) in [6.07, 6.45) is 9.42. The van der Waals surface area contributed by atoms with E-state index in [4.69, 9.17) is 0 Å². The second kappa shape index (κ2) is 4.07. The number of allylic oxidation sites excluding steroid dienone is 4. The average molecular weight is 168 g/mol. The lowest BCUT2D eigenvalue weighted by Gasteiger charge is -2.13. The van der Waals surface area contributed by atoms with Gasteiger partial charge in [-0.05, 0) is 37.4 Å². The molecule has 11 heavy (non-hydrogen) atoms. The van der Waals surface area contributed by atoms with Crippen LogP contribution in [0.2, 0.25) is 0 Å². The van der Waals surface area contributed by atoms with Crippen LogP contribution in [-0.2, 0) is 0 Å².